The van der Waals surface area contributed by atoms with Gasteiger partial charge in [0, 0.05) is 16.5 Å². The molecule has 4 rings (SSSR count). The van der Waals surface area contributed by atoms with Gasteiger partial charge < -0.3 is 0 Å². The number of fused-ring (bicyclic) bond motifs is 1. The van der Waals surface area contributed by atoms with Crippen LogP contribution in [0, 0.1) is 29.3 Å². The van der Waals surface area contributed by atoms with E-state index < -0.39 is 17.5 Å². The summed E-state index contributed by atoms with van der Waals surface area (Å²) in [5.74, 6) is 2.24. The highest BCUT2D eigenvalue weighted by Gasteiger charge is 2.13. The third kappa shape index (κ3) is 4.86. The SMILES string of the molecule is CCCCCc1ccc(-c2ccc(C#Cc3ccc4c(F)c(F)c(F)cc4c3)cc2)cc1. The smallest absolute Gasteiger partial charge is 0.195 e. The third-order valence-electron chi connectivity index (χ3n) is 5.56. The van der Waals surface area contributed by atoms with Crippen LogP contribution in [0.25, 0.3) is 21.9 Å². The molecule has 0 aliphatic rings. The summed E-state index contributed by atoms with van der Waals surface area (Å²) in [6, 6.07) is 22.2. The van der Waals surface area contributed by atoms with Gasteiger partial charge in [0.05, 0.1) is 0 Å². The molecule has 0 fully saturated rings. The Morgan fingerprint density at radius 2 is 1.28 bits per heavy atom. The number of hydrogen-bond acceptors (Lipinski definition) is 0. The zero-order chi connectivity index (χ0) is 22.5. The highest BCUT2D eigenvalue weighted by molar-refractivity contribution is 5.84. The lowest BCUT2D eigenvalue weighted by Crippen LogP contribution is -1.92. The topological polar surface area (TPSA) is 0 Å². The van der Waals surface area contributed by atoms with E-state index in [1.54, 1.807) is 12.1 Å². The molecule has 0 bridgehead atoms. The van der Waals surface area contributed by atoms with Crippen molar-refractivity contribution in [3.8, 4) is 23.0 Å². The van der Waals surface area contributed by atoms with E-state index in [-0.39, 0.29) is 10.8 Å². The lowest BCUT2D eigenvalue weighted by atomic mass is 10.0. The molecular formula is C29H23F3. The van der Waals surface area contributed by atoms with E-state index in [0.717, 1.165) is 29.2 Å². The first kappa shape index (κ1) is 21.7. The molecule has 0 atom stereocenters. The Morgan fingerprint density at radius 1 is 0.656 bits per heavy atom. The van der Waals surface area contributed by atoms with Crippen molar-refractivity contribution in [2.75, 3.05) is 0 Å². The van der Waals surface area contributed by atoms with Gasteiger partial charge in [0.1, 0.15) is 0 Å². The van der Waals surface area contributed by atoms with Crippen molar-refractivity contribution in [1.29, 1.82) is 0 Å². The van der Waals surface area contributed by atoms with E-state index in [1.165, 1.54) is 30.9 Å². The maximum atomic E-state index is 13.9. The minimum Gasteiger partial charge on any atom is -0.204 e. The molecule has 0 aromatic heterocycles. The molecule has 0 aliphatic carbocycles. The van der Waals surface area contributed by atoms with Gasteiger partial charge in [-0.15, -0.1) is 0 Å². The zero-order valence-electron chi connectivity index (χ0n) is 17.9. The second-order valence-electron chi connectivity index (χ2n) is 7.90. The first-order valence-electron chi connectivity index (χ1n) is 10.8. The summed E-state index contributed by atoms with van der Waals surface area (Å²) in [5, 5.41) is 0.317. The van der Waals surface area contributed by atoms with Crippen LogP contribution in [0.15, 0.2) is 72.8 Å². The third-order valence-corrected chi connectivity index (χ3v) is 5.56. The summed E-state index contributed by atoms with van der Waals surface area (Å²) in [5.41, 5.74) is 5.08. The number of unbranched alkanes of at least 4 members (excludes halogenated alkanes) is 2. The fourth-order valence-corrected chi connectivity index (χ4v) is 3.72. The Bertz CT molecular complexity index is 1290. The first-order valence-corrected chi connectivity index (χ1v) is 10.8. The van der Waals surface area contributed by atoms with Crippen LogP contribution in [-0.2, 0) is 6.42 Å². The highest BCUT2D eigenvalue weighted by atomic mass is 19.2. The van der Waals surface area contributed by atoms with Crippen LogP contribution in [0.4, 0.5) is 13.2 Å². The van der Waals surface area contributed by atoms with E-state index in [1.807, 2.05) is 24.3 Å². The molecule has 0 aliphatic heterocycles. The van der Waals surface area contributed by atoms with Gasteiger partial charge in [-0.2, -0.15) is 0 Å². The molecule has 0 unspecified atom stereocenters. The van der Waals surface area contributed by atoms with Gasteiger partial charge in [0.25, 0.3) is 0 Å². The number of aryl methyl sites for hydroxylation is 1. The maximum absolute atomic E-state index is 13.9. The van der Waals surface area contributed by atoms with Crippen molar-refractivity contribution in [2.24, 2.45) is 0 Å². The Morgan fingerprint density at radius 3 is 1.97 bits per heavy atom. The summed E-state index contributed by atoms with van der Waals surface area (Å²) < 4.78 is 40.8. The summed E-state index contributed by atoms with van der Waals surface area (Å²) >= 11 is 0. The van der Waals surface area contributed by atoms with Crippen molar-refractivity contribution in [3.05, 3.63) is 107 Å². The average Bonchev–Trinajstić information content (AvgIpc) is 2.82. The quantitative estimate of drug-likeness (QED) is 0.171. The van der Waals surface area contributed by atoms with Gasteiger partial charge in [-0.3, -0.25) is 0 Å². The second-order valence-corrected chi connectivity index (χ2v) is 7.90. The van der Waals surface area contributed by atoms with Gasteiger partial charge in [-0.1, -0.05) is 74.1 Å². The molecule has 3 heteroatoms. The van der Waals surface area contributed by atoms with Crippen LogP contribution in [0.1, 0.15) is 42.9 Å². The minimum atomic E-state index is -1.46. The fourth-order valence-electron chi connectivity index (χ4n) is 3.72. The largest absolute Gasteiger partial charge is 0.204 e. The molecule has 0 saturated carbocycles. The lowest BCUT2D eigenvalue weighted by Gasteiger charge is -2.05. The summed E-state index contributed by atoms with van der Waals surface area (Å²) in [6.07, 6.45) is 4.83. The second kappa shape index (κ2) is 9.75. The number of benzene rings is 4. The van der Waals surface area contributed by atoms with Crippen LogP contribution < -0.4 is 0 Å². The van der Waals surface area contributed by atoms with E-state index in [9.17, 15) is 13.2 Å². The van der Waals surface area contributed by atoms with Crippen LogP contribution in [0.3, 0.4) is 0 Å². The van der Waals surface area contributed by atoms with Crippen molar-refractivity contribution in [3.63, 3.8) is 0 Å². The van der Waals surface area contributed by atoms with Crippen molar-refractivity contribution in [2.45, 2.75) is 32.6 Å². The standard InChI is InChI=1S/C29H23F3/c1-2-3-4-5-20-8-13-23(14-9-20)24-15-10-21(11-16-24)6-7-22-12-17-26-25(18-22)19-27(30)29(32)28(26)31/h8-19H,2-5H2,1H3. The zero-order valence-corrected chi connectivity index (χ0v) is 17.9. The molecule has 0 saturated heterocycles. The molecule has 0 radical (unpaired) electrons. The Kier molecular flexibility index (Phi) is 6.61. The summed E-state index contributed by atoms with van der Waals surface area (Å²) in [6.45, 7) is 2.21. The Labute approximate surface area is 186 Å². The lowest BCUT2D eigenvalue weighted by molar-refractivity contribution is 0.453. The van der Waals surface area contributed by atoms with Gasteiger partial charge in [-0.05, 0) is 65.3 Å². The van der Waals surface area contributed by atoms with Crippen LogP contribution >= 0.6 is 0 Å². The van der Waals surface area contributed by atoms with Gasteiger partial charge in [0.2, 0.25) is 0 Å². The van der Waals surface area contributed by atoms with Gasteiger partial charge in [0.15, 0.2) is 17.5 Å². The summed E-state index contributed by atoms with van der Waals surface area (Å²) in [4.78, 5) is 0. The van der Waals surface area contributed by atoms with Crippen LogP contribution in [0.5, 0.6) is 0 Å². The fraction of sp³-hybridized carbons (Fsp3) is 0.172. The molecule has 0 nitrogen and oxygen atoms in total. The van der Waals surface area contributed by atoms with Crippen molar-refractivity contribution >= 4 is 10.8 Å². The number of halogens is 3. The monoisotopic (exact) mass is 428 g/mol. The Balaban J connectivity index is 1.49. The van der Waals surface area contributed by atoms with E-state index >= 15 is 0 Å². The molecular weight excluding hydrogens is 405 g/mol. The number of hydrogen-bond donors (Lipinski definition) is 0. The predicted molar refractivity (Wildman–Crippen MR) is 125 cm³/mol. The normalized spacial score (nSPS) is 10.8. The Hall–Kier alpha value is -3.51. The maximum Gasteiger partial charge on any atom is 0.195 e. The highest BCUT2D eigenvalue weighted by Crippen LogP contribution is 2.24. The van der Waals surface area contributed by atoms with Gasteiger partial charge in [-0.25, -0.2) is 13.2 Å². The molecule has 0 heterocycles. The molecule has 4 aromatic rings. The predicted octanol–water partition coefficient (Wildman–Crippen LogP) is 8.06. The van der Waals surface area contributed by atoms with Crippen LogP contribution in [0.2, 0.25) is 0 Å². The minimum absolute atomic E-state index is 0.0372. The van der Waals surface area contributed by atoms with Crippen LogP contribution in [-0.4, -0.2) is 0 Å². The van der Waals surface area contributed by atoms with Crippen molar-refractivity contribution in [1.82, 2.24) is 0 Å². The molecule has 32 heavy (non-hydrogen) atoms. The number of rotatable bonds is 5. The molecule has 160 valence electrons. The molecule has 0 spiro atoms. The van der Waals surface area contributed by atoms with Gasteiger partial charge >= 0.3 is 0 Å². The van der Waals surface area contributed by atoms with E-state index in [4.69, 9.17) is 0 Å². The molecule has 0 N–H and O–H groups in total. The first-order chi connectivity index (χ1) is 15.5. The van der Waals surface area contributed by atoms with E-state index in [0.29, 0.717) is 5.56 Å². The average molecular weight is 428 g/mol. The summed E-state index contributed by atoms with van der Waals surface area (Å²) in [7, 11) is 0. The van der Waals surface area contributed by atoms with E-state index in [2.05, 4.69) is 43.0 Å². The molecule has 4 aromatic carbocycles. The molecule has 0 amide bonds. The van der Waals surface area contributed by atoms with Crippen molar-refractivity contribution < 1.29 is 13.2 Å².